The Morgan fingerprint density at radius 3 is 2.65 bits per heavy atom. The Kier molecular flexibility index (Phi) is 2.95. The van der Waals surface area contributed by atoms with Crippen LogP contribution in [0, 0.1) is 6.92 Å². The van der Waals surface area contributed by atoms with Gasteiger partial charge in [-0.1, -0.05) is 30.9 Å². The van der Waals surface area contributed by atoms with E-state index in [1.165, 1.54) is 5.56 Å². The van der Waals surface area contributed by atoms with Crippen LogP contribution in [0.15, 0.2) is 49.3 Å². The average molecular weight is 261 g/mol. The fraction of sp³-hybridized carbons (Fsp3) is 0.0588. The summed E-state index contributed by atoms with van der Waals surface area (Å²) in [6, 6.07) is 10.0. The first-order valence-electron chi connectivity index (χ1n) is 6.43. The Balaban J connectivity index is 2.28. The monoisotopic (exact) mass is 261 g/mol. The molecule has 3 rings (SSSR count). The van der Waals surface area contributed by atoms with E-state index < -0.39 is 0 Å². The van der Waals surface area contributed by atoms with Crippen LogP contribution in [0.2, 0.25) is 0 Å². The molecule has 0 radical (unpaired) electrons. The van der Waals surface area contributed by atoms with Crippen molar-refractivity contribution in [3.8, 4) is 11.1 Å². The second-order valence-electron chi connectivity index (χ2n) is 4.77. The van der Waals surface area contributed by atoms with E-state index in [0.717, 1.165) is 27.7 Å². The van der Waals surface area contributed by atoms with Gasteiger partial charge in [0.2, 0.25) is 0 Å². The molecule has 1 aromatic heterocycles. The zero-order chi connectivity index (χ0) is 14.1. The molecule has 0 saturated heterocycles. The van der Waals surface area contributed by atoms with Gasteiger partial charge < -0.3 is 5.73 Å². The summed E-state index contributed by atoms with van der Waals surface area (Å²) in [5.41, 5.74) is 12.8. The van der Waals surface area contributed by atoms with Gasteiger partial charge >= 0.3 is 0 Å². The van der Waals surface area contributed by atoms with Crippen molar-refractivity contribution in [3.63, 3.8) is 0 Å². The quantitative estimate of drug-likeness (QED) is 0.713. The highest BCUT2D eigenvalue weighted by molar-refractivity contribution is 5.94. The SMILES string of the molecule is C=Cc1ccc(-c2cc(N)cc3nccnc23)cc1C. The Labute approximate surface area is 117 Å². The summed E-state index contributed by atoms with van der Waals surface area (Å²) < 4.78 is 0. The Bertz CT molecular complexity index is 806. The zero-order valence-corrected chi connectivity index (χ0v) is 11.3. The van der Waals surface area contributed by atoms with Crippen LogP contribution in [0.3, 0.4) is 0 Å². The molecule has 0 saturated carbocycles. The van der Waals surface area contributed by atoms with Crippen molar-refractivity contribution in [2.24, 2.45) is 0 Å². The minimum atomic E-state index is 0.693. The highest BCUT2D eigenvalue weighted by atomic mass is 14.8. The molecular weight excluding hydrogens is 246 g/mol. The number of hydrogen-bond acceptors (Lipinski definition) is 3. The zero-order valence-electron chi connectivity index (χ0n) is 11.3. The van der Waals surface area contributed by atoms with Crippen LogP contribution < -0.4 is 5.73 Å². The fourth-order valence-corrected chi connectivity index (χ4v) is 2.39. The van der Waals surface area contributed by atoms with Gasteiger partial charge in [-0.3, -0.25) is 9.97 Å². The maximum Gasteiger partial charge on any atom is 0.0966 e. The fourth-order valence-electron chi connectivity index (χ4n) is 2.39. The molecule has 98 valence electrons. The van der Waals surface area contributed by atoms with Crippen LogP contribution in [-0.2, 0) is 0 Å². The van der Waals surface area contributed by atoms with Crippen molar-refractivity contribution in [1.29, 1.82) is 0 Å². The Hall–Kier alpha value is -2.68. The molecule has 3 heteroatoms. The van der Waals surface area contributed by atoms with Gasteiger partial charge in [-0.05, 0) is 35.7 Å². The number of nitrogens with two attached hydrogens (primary N) is 1. The number of nitrogen functional groups attached to an aromatic ring is 1. The summed E-state index contributed by atoms with van der Waals surface area (Å²) >= 11 is 0. The topological polar surface area (TPSA) is 51.8 Å². The molecule has 1 heterocycles. The largest absolute Gasteiger partial charge is 0.399 e. The van der Waals surface area contributed by atoms with E-state index in [2.05, 4.69) is 41.7 Å². The lowest BCUT2D eigenvalue weighted by molar-refractivity contribution is 1.29. The normalized spacial score (nSPS) is 10.7. The van der Waals surface area contributed by atoms with Gasteiger partial charge in [-0.15, -0.1) is 0 Å². The summed E-state index contributed by atoms with van der Waals surface area (Å²) in [6.07, 6.45) is 5.24. The minimum Gasteiger partial charge on any atom is -0.399 e. The number of rotatable bonds is 2. The third kappa shape index (κ3) is 2.03. The molecule has 0 amide bonds. The van der Waals surface area contributed by atoms with Crippen molar-refractivity contribution in [2.75, 3.05) is 5.73 Å². The van der Waals surface area contributed by atoms with Crippen LogP contribution in [0.4, 0.5) is 5.69 Å². The van der Waals surface area contributed by atoms with E-state index in [1.807, 2.05) is 18.2 Å². The minimum absolute atomic E-state index is 0.693. The predicted molar refractivity (Wildman–Crippen MR) is 84.2 cm³/mol. The molecule has 3 nitrogen and oxygen atoms in total. The van der Waals surface area contributed by atoms with E-state index in [0.29, 0.717) is 5.69 Å². The van der Waals surface area contributed by atoms with Crippen LogP contribution in [0.1, 0.15) is 11.1 Å². The number of hydrogen-bond donors (Lipinski definition) is 1. The molecule has 0 aliphatic rings. The molecule has 3 aromatic rings. The van der Waals surface area contributed by atoms with E-state index >= 15 is 0 Å². The average Bonchev–Trinajstić information content (AvgIpc) is 2.46. The molecular formula is C17H15N3. The van der Waals surface area contributed by atoms with Crippen molar-refractivity contribution in [1.82, 2.24) is 9.97 Å². The summed E-state index contributed by atoms with van der Waals surface area (Å²) in [5.74, 6) is 0. The van der Waals surface area contributed by atoms with Crippen LogP contribution >= 0.6 is 0 Å². The summed E-state index contributed by atoms with van der Waals surface area (Å²) in [5, 5.41) is 0. The molecule has 0 spiro atoms. The lowest BCUT2D eigenvalue weighted by atomic mass is 9.98. The summed E-state index contributed by atoms with van der Waals surface area (Å²) in [6.45, 7) is 5.89. The van der Waals surface area contributed by atoms with Gasteiger partial charge in [0.15, 0.2) is 0 Å². The second kappa shape index (κ2) is 4.78. The molecule has 0 unspecified atom stereocenters. The van der Waals surface area contributed by atoms with Gasteiger partial charge in [-0.25, -0.2) is 0 Å². The number of anilines is 1. The van der Waals surface area contributed by atoms with Gasteiger partial charge in [0.1, 0.15) is 0 Å². The standard InChI is InChI=1S/C17H15N3/c1-3-12-4-5-13(8-11(12)2)15-9-14(18)10-16-17(15)20-7-6-19-16/h3-10H,1,18H2,2H3. The smallest absolute Gasteiger partial charge is 0.0966 e. The molecule has 0 fully saturated rings. The Morgan fingerprint density at radius 1 is 1.10 bits per heavy atom. The lowest BCUT2D eigenvalue weighted by Gasteiger charge is -2.09. The highest BCUT2D eigenvalue weighted by Gasteiger charge is 2.08. The first-order chi connectivity index (χ1) is 9.69. The van der Waals surface area contributed by atoms with Gasteiger partial charge in [0.05, 0.1) is 11.0 Å². The first kappa shape index (κ1) is 12.4. The molecule has 0 bridgehead atoms. The number of nitrogens with zero attached hydrogens (tertiary/aromatic N) is 2. The maximum atomic E-state index is 5.97. The van der Waals surface area contributed by atoms with E-state index in [1.54, 1.807) is 12.4 Å². The van der Waals surface area contributed by atoms with Crippen molar-refractivity contribution < 1.29 is 0 Å². The molecule has 0 aliphatic carbocycles. The first-order valence-corrected chi connectivity index (χ1v) is 6.43. The van der Waals surface area contributed by atoms with Crippen molar-refractivity contribution in [3.05, 3.63) is 60.4 Å². The number of aromatic nitrogens is 2. The van der Waals surface area contributed by atoms with E-state index in [-0.39, 0.29) is 0 Å². The maximum absolute atomic E-state index is 5.97. The summed E-state index contributed by atoms with van der Waals surface area (Å²) in [7, 11) is 0. The second-order valence-corrected chi connectivity index (χ2v) is 4.77. The van der Waals surface area contributed by atoms with Crippen LogP contribution in [0.5, 0.6) is 0 Å². The molecule has 0 atom stereocenters. The van der Waals surface area contributed by atoms with Gasteiger partial charge in [-0.2, -0.15) is 0 Å². The van der Waals surface area contributed by atoms with Crippen molar-refractivity contribution in [2.45, 2.75) is 6.92 Å². The molecule has 0 aliphatic heterocycles. The van der Waals surface area contributed by atoms with Crippen molar-refractivity contribution >= 4 is 22.8 Å². The van der Waals surface area contributed by atoms with Crippen LogP contribution in [-0.4, -0.2) is 9.97 Å². The van der Waals surface area contributed by atoms with Crippen LogP contribution in [0.25, 0.3) is 28.2 Å². The molecule has 2 aromatic carbocycles. The van der Waals surface area contributed by atoms with Gasteiger partial charge in [0.25, 0.3) is 0 Å². The van der Waals surface area contributed by atoms with E-state index in [9.17, 15) is 0 Å². The van der Waals surface area contributed by atoms with E-state index in [4.69, 9.17) is 5.73 Å². The molecule has 20 heavy (non-hydrogen) atoms. The van der Waals surface area contributed by atoms with Gasteiger partial charge in [0, 0.05) is 23.6 Å². The highest BCUT2D eigenvalue weighted by Crippen LogP contribution is 2.30. The molecule has 2 N–H and O–H groups in total. The third-order valence-electron chi connectivity index (χ3n) is 3.40. The number of benzene rings is 2. The number of aryl methyl sites for hydroxylation is 1. The number of fused-ring (bicyclic) bond motifs is 1. The predicted octanol–water partition coefficient (Wildman–Crippen LogP) is 3.83. The Morgan fingerprint density at radius 2 is 1.90 bits per heavy atom. The third-order valence-corrected chi connectivity index (χ3v) is 3.40. The lowest BCUT2D eigenvalue weighted by Crippen LogP contribution is -1.92. The summed E-state index contributed by atoms with van der Waals surface area (Å²) in [4.78, 5) is 8.76.